The van der Waals surface area contributed by atoms with Gasteiger partial charge in [-0.1, -0.05) is 53.2 Å². The summed E-state index contributed by atoms with van der Waals surface area (Å²) in [5.41, 5.74) is -1.03. The standard InChI is InChI=1S/C45H74O15/c1-22-31(51)35(60-39-36(57-23(2)49)33(53)32(52)27(19-46)58-39)34(54)38(56-22)59-30-11-12-41(5)28(42(30,6)20-47)10-13-43(7)37(41)26(55-9)16-24-25-17-40(3,4)14-15-45(25,21-48)29(50)18-44(24,43)8/h16,22,25-39,46-48,50-54H,10-15,17-21H2,1-9H3/t22-,25-,26-,27-,28+,29+,30+,31+,32-,33+,34-,35+,36-,37-,38+,39+,41+,42+,43-,44-,45-/m1/s1. The average Bonchev–Trinajstić information content (AvgIpc) is 3.19. The minimum absolute atomic E-state index is 0.0153. The van der Waals surface area contributed by atoms with Crippen molar-refractivity contribution in [2.75, 3.05) is 26.9 Å². The normalized spacial score (nSPS) is 53.8. The number of allylic oxidation sites excluding steroid dienone is 1. The Morgan fingerprint density at radius 3 is 2.12 bits per heavy atom. The molecule has 2 heterocycles. The molecule has 15 heteroatoms. The van der Waals surface area contributed by atoms with Crippen molar-refractivity contribution in [3.8, 4) is 0 Å². The molecule has 0 aromatic heterocycles. The van der Waals surface area contributed by atoms with Gasteiger partial charge < -0.3 is 69.3 Å². The lowest BCUT2D eigenvalue weighted by molar-refractivity contribution is -0.368. The lowest BCUT2D eigenvalue weighted by Crippen LogP contribution is -2.70. The molecular formula is C45H74O15. The molecule has 4 saturated carbocycles. The second kappa shape index (κ2) is 16.3. The number of carbonyl (C=O) groups is 1. The van der Waals surface area contributed by atoms with Gasteiger partial charge in [-0.05, 0) is 91.8 Å². The van der Waals surface area contributed by atoms with Crippen LogP contribution in [0.1, 0.15) is 107 Å². The van der Waals surface area contributed by atoms with Gasteiger partial charge in [0.15, 0.2) is 18.7 Å². The van der Waals surface area contributed by atoms with Gasteiger partial charge in [0.25, 0.3) is 0 Å². The van der Waals surface area contributed by atoms with Crippen LogP contribution in [0.15, 0.2) is 11.6 Å². The fourth-order valence-corrected chi connectivity index (χ4v) is 14.3. The van der Waals surface area contributed by atoms with Crippen LogP contribution >= 0.6 is 0 Å². The lowest BCUT2D eigenvalue weighted by Gasteiger charge is -2.73. The van der Waals surface area contributed by atoms with Crippen molar-refractivity contribution in [3.63, 3.8) is 0 Å². The van der Waals surface area contributed by atoms with Crippen LogP contribution in [0.2, 0.25) is 0 Å². The lowest BCUT2D eigenvalue weighted by atomic mass is 9.32. The smallest absolute Gasteiger partial charge is 0.303 e. The van der Waals surface area contributed by atoms with Gasteiger partial charge in [-0.15, -0.1) is 0 Å². The third-order valence-electron chi connectivity index (χ3n) is 18.0. The van der Waals surface area contributed by atoms with Crippen LogP contribution in [0.5, 0.6) is 0 Å². The molecule has 0 aromatic rings. The Morgan fingerprint density at radius 2 is 1.50 bits per heavy atom. The quantitative estimate of drug-likeness (QED) is 0.0941. The average molecular weight is 855 g/mol. The Morgan fingerprint density at radius 1 is 0.800 bits per heavy atom. The van der Waals surface area contributed by atoms with Crippen molar-refractivity contribution >= 4 is 5.97 Å². The number of methoxy groups -OCH3 is 1. The first-order valence-corrected chi connectivity index (χ1v) is 22.3. The molecule has 5 aliphatic carbocycles. The van der Waals surface area contributed by atoms with Crippen LogP contribution in [-0.2, 0) is 33.2 Å². The van der Waals surface area contributed by atoms with Gasteiger partial charge in [-0.25, -0.2) is 0 Å². The van der Waals surface area contributed by atoms with Crippen molar-refractivity contribution in [1.29, 1.82) is 0 Å². The van der Waals surface area contributed by atoms with Gasteiger partial charge in [0.05, 0.1) is 44.2 Å². The molecule has 0 aromatic carbocycles. The number of esters is 1. The molecular weight excluding hydrogens is 780 g/mol. The Bertz CT molecular complexity index is 1610. The van der Waals surface area contributed by atoms with Gasteiger partial charge in [0.2, 0.25) is 0 Å². The van der Waals surface area contributed by atoms with E-state index in [-0.39, 0.29) is 58.7 Å². The summed E-state index contributed by atoms with van der Waals surface area (Å²) in [7, 11) is 1.77. The maximum atomic E-state index is 12.1. The molecule has 7 aliphatic rings. The molecule has 0 amide bonds. The topological polar surface area (TPSA) is 234 Å². The first kappa shape index (κ1) is 46.7. The summed E-state index contributed by atoms with van der Waals surface area (Å²) in [6.45, 7) is 15.4. The van der Waals surface area contributed by atoms with Crippen LogP contribution in [0.25, 0.3) is 0 Å². The fraction of sp³-hybridized carbons (Fsp3) is 0.933. The molecule has 21 atom stereocenters. The first-order valence-electron chi connectivity index (χ1n) is 22.3. The number of fused-ring (bicyclic) bond motifs is 7. The number of hydrogen-bond donors (Lipinski definition) is 8. The molecule has 2 aliphatic heterocycles. The van der Waals surface area contributed by atoms with Crippen molar-refractivity contribution in [3.05, 3.63) is 11.6 Å². The highest BCUT2D eigenvalue weighted by molar-refractivity contribution is 5.66. The summed E-state index contributed by atoms with van der Waals surface area (Å²) in [6, 6.07) is 0. The number of ether oxygens (including phenoxy) is 6. The van der Waals surface area contributed by atoms with Crippen LogP contribution in [0.3, 0.4) is 0 Å². The third-order valence-corrected chi connectivity index (χ3v) is 18.0. The molecule has 0 spiro atoms. The molecule has 6 fully saturated rings. The van der Waals surface area contributed by atoms with Gasteiger partial charge in [-0.3, -0.25) is 4.79 Å². The highest BCUT2D eigenvalue weighted by atomic mass is 16.7. The summed E-state index contributed by atoms with van der Waals surface area (Å²) in [4.78, 5) is 12.0. The molecule has 344 valence electrons. The van der Waals surface area contributed by atoms with E-state index in [0.717, 1.165) is 39.0 Å². The minimum Gasteiger partial charge on any atom is -0.454 e. The van der Waals surface area contributed by atoms with Gasteiger partial charge >= 0.3 is 5.97 Å². The predicted octanol–water partition coefficient (Wildman–Crippen LogP) is 1.96. The number of hydrogen-bond acceptors (Lipinski definition) is 15. The van der Waals surface area contributed by atoms with E-state index in [4.69, 9.17) is 28.4 Å². The van der Waals surface area contributed by atoms with Gasteiger partial charge in [0.1, 0.15) is 36.6 Å². The zero-order valence-corrected chi connectivity index (χ0v) is 37.0. The first-order chi connectivity index (χ1) is 28.0. The Labute approximate surface area is 354 Å². The summed E-state index contributed by atoms with van der Waals surface area (Å²) in [5.74, 6) is -0.816. The van der Waals surface area contributed by atoms with Gasteiger partial charge in [0, 0.05) is 30.8 Å². The van der Waals surface area contributed by atoms with Crippen molar-refractivity contribution in [2.45, 2.75) is 186 Å². The summed E-state index contributed by atoms with van der Waals surface area (Å²) in [6.07, 6.45) is -7.68. The third kappa shape index (κ3) is 6.98. The molecule has 8 N–H and O–H groups in total. The van der Waals surface area contributed by atoms with E-state index in [2.05, 4.69) is 40.7 Å². The molecule has 0 bridgehead atoms. The molecule has 15 nitrogen and oxygen atoms in total. The van der Waals surface area contributed by atoms with Crippen molar-refractivity contribution in [2.24, 2.45) is 50.2 Å². The maximum absolute atomic E-state index is 12.1. The SMILES string of the molecule is CO[C@@H]1C=C2[C@H]3CC(C)(C)CC[C@]3(CO)[C@@H](O)C[C@@]2(C)[C@]2(C)CC[C@@H]3[C@](C)(CO)[C@@H](O[C@@H]4O[C@H](C)[C@H](O)[C@H](O[C@@H]5O[C@H](CO)[C@@H](O)[C@H](O)[C@H]5OC(C)=O)[C@H]4O)CC[C@]3(C)[C@@H]12. The molecule has 0 radical (unpaired) electrons. The Kier molecular flexibility index (Phi) is 12.7. The van der Waals surface area contributed by atoms with Crippen molar-refractivity contribution in [1.82, 2.24) is 0 Å². The number of carbonyl (C=O) groups excluding carboxylic acids is 1. The predicted molar refractivity (Wildman–Crippen MR) is 215 cm³/mol. The van der Waals surface area contributed by atoms with Crippen molar-refractivity contribution < 1.29 is 74.1 Å². The maximum Gasteiger partial charge on any atom is 0.303 e. The van der Waals surface area contributed by atoms with E-state index < -0.39 is 97.0 Å². The van der Waals surface area contributed by atoms with E-state index in [0.29, 0.717) is 19.3 Å². The minimum atomic E-state index is -1.70. The van der Waals surface area contributed by atoms with Crippen LogP contribution in [0.4, 0.5) is 0 Å². The summed E-state index contributed by atoms with van der Waals surface area (Å²) >= 11 is 0. The highest BCUT2D eigenvalue weighted by Gasteiger charge is 2.72. The van der Waals surface area contributed by atoms with Crippen LogP contribution in [-0.4, -0.2) is 153 Å². The largest absolute Gasteiger partial charge is 0.454 e. The van der Waals surface area contributed by atoms with E-state index in [1.54, 1.807) is 14.0 Å². The second-order valence-corrected chi connectivity index (χ2v) is 21.6. The zero-order valence-electron chi connectivity index (χ0n) is 37.0. The van der Waals surface area contributed by atoms with Gasteiger partial charge in [-0.2, -0.15) is 0 Å². The zero-order chi connectivity index (χ0) is 44.1. The van der Waals surface area contributed by atoms with Crippen LogP contribution < -0.4 is 0 Å². The second-order valence-electron chi connectivity index (χ2n) is 21.6. The van der Waals surface area contributed by atoms with E-state index in [1.165, 1.54) is 5.57 Å². The molecule has 60 heavy (non-hydrogen) atoms. The van der Waals surface area contributed by atoms with E-state index in [9.17, 15) is 45.6 Å². The summed E-state index contributed by atoms with van der Waals surface area (Å²) in [5, 5.41) is 88.7. The van der Waals surface area contributed by atoms with Crippen LogP contribution in [0, 0.1) is 50.2 Å². The fourth-order valence-electron chi connectivity index (χ4n) is 14.3. The highest BCUT2D eigenvalue weighted by Crippen LogP contribution is 2.76. The van der Waals surface area contributed by atoms with E-state index >= 15 is 0 Å². The summed E-state index contributed by atoms with van der Waals surface area (Å²) < 4.78 is 36.3. The van der Waals surface area contributed by atoms with E-state index in [1.807, 2.05) is 6.92 Å². The number of aliphatic hydroxyl groups excluding tert-OH is 8. The number of rotatable bonds is 9. The Hall–Kier alpha value is -1.31. The molecule has 7 rings (SSSR count). The monoisotopic (exact) mass is 855 g/mol. The molecule has 0 unspecified atom stereocenters. The Balaban J connectivity index is 1.16. The molecule has 2 saturated heterocycles. The number of aliphatic hydroxyl groups is 8.